The van der Waals surface area contributed by atoms with Gasteiger partial charge in [0.25, 0.3) is 0 Å². The number of nitrogen functional groups attached to an aromatic ring is 6. The molecular weight excluding hydrogens is 777 g/mol. The third-order valence-electron chi connectivity index (χ3n) is 9.26. The summed E-state index contributed by atoms with van der Waals surface area (Å²) < 4.78 is 6.25. The summed E-state index contributed by atoms with van der Waals surface area (Å²) in [5, 5.41) is 52.5. The van der Waals surface area contributed by atoms with Gasteiger partial charge in [-0.1, -0.05) is 0 Å². The van der Waals surface area contributed by atoms with Gasteiger partial charge in [-0.2, -0.15) is 38.5 Å². The molecule has 0 aliphatic carbocycles. The summed E-state index contributed by atoms with van der Waals surface area (Å²) >= 11 is 0. The Bertz CT molecular complexity index is 2660. The van der Waals surface area contributed by atoms with Gasteiger partial charge in [0, 0.05) is 61.6 Å². The van der Waals surface area contributed by atoms with Gasteiger partial charge in [0.15, 0.2) is 22.6 Å². The summed E-state index contributed by atoms with van der Waals surface area (Å²) in [6, 6.07) is 3.43. The van der Waals surface area contributed by atoms with Gasteiger partial charge in [0.05, 0.1) is 62.1 Å². The standard InChI is InChI=1S/2C10H15N5O2.2C8H11N5/c11-9-1-2-12-10-8(7-13-15(9)10)14(3-5-16)4-6-17;11-8-7-13-15-9(1-2-12-10(8)15)14(3-5-16)4-6-17;1-4-5(2)12-8-6(9)3-11-13(8)7(4)10;1-4-3-11-8-6(9)5(2)12-13(8)7(4)10/h2*1-2,7,16-17H,3-6,11H2;2*3H,9-10H2,1-2H3. The van der Waals surface area contributed by atoms with Gasteiger partial charge in [-0.3, -0.25) is 0 Å². The first-order valence-electron chi connectivity index (χ1n) is 18.6. The number of aryl methyl sites for hydroxylation is 3. The van der Waals surface area contributed by atoms with Gasteiger partial charge in [0.1, 0.15) is 34.6 Å². The quantitative estimate of drug-likeness (QED) is 0.0808. The molecule has 0 radical (unpaired) electrons. The monoisotopic (exact) mass is 828 g/mol. The first kappa shape index (κ1) is 43.8. The molecular formula is C36H52N20O4. The van der Waals surface area contributed by atoms with Crippen LogP contribution in [0.5, 0.6) is 0 Å². The maximum Gasteiger partial charge on any atom is 0.180 e. The van der Waals surface area contributed by atoms with Gasteiger partial charge >= 0.3 is 0 Å². The van der Waals surface area contributed by atoms with Gasteiger partial charge in [-0.25, -0.2) is 19.9 Å². The van der Waals surface area contributed by atoms with Crippen LogP contribution in [0, 0.1) is 27.7 Å². The predicted octanol–water partition coefficient (Wildman–Crippen LogP) is -0.774. The number of aromatic nitrogens is 12. The fraction of sp³-hybridized carbons (Fsp3) is 0.333. The molecule has 0 fully saturated rings. The number of rotatable bonds is 10. The number of hydrogen-bond donors (Lipinski definition) is 10. The number of nitrogens with zero attached hydrogens (tertiary/aromatic N) is 14. The largest absolute Gasteiger partial charge is 0.395 e. The van der Waals surface area contributed by atoms with Crippen molar-refractivity contribution in [1.29, 1.82) is 0 Å². The Kier molecular flexibility index (Phi) is 14.2. The molecule has 0 aliphatic heterocycles. The molecule has 320 valence electrons. The molecule has 0 atom stereocenters. The Labute approximate surface area is 343 Å². The average Bonchev–Trinajstić information content (AvgIpc) is 4.01. The molecule has 24 nitrogen and oxygen atoms in total. The summed E-state index contributed by atoms with van der Waals surface area (Å²) in [6.07, 6.45) is 9.64. The number of aliphatic hydroxyl groups is 4. The van der Waals surface area contributed by atoms with E-state index in [2.05, 4.69) is 40.3 Å². The van der Waals surface area contributed by atoms with Gasteiger partial charge in [0.2, 0.25) is 0 Å². The Morgan fingerprint density at radius 1 is 0.550 bits per heavy atom. The third kappa shape index (κ3) is 9.20. The molecule has 0 unspecified atom stereocenters. The molecule has 8 heterocycles. The van der Waals surface area contributed by atoms with Crippen LogP contribution in [0.1, 0.15) is 22.5 Å². The van der Waals surface area contributed by atoms with Crippen LogP contribution in [0.25, 0.3) is 22.6 Å². The topological polar surface area (TPSA) is 364 Å². The van der Waals surface area contributed by atoms with Crippen molar-refractivity contribution >= 4 is 68.6 Å². The van der Waals surface area contributed by atoms with E-state index in [0.29, 0.717) is 83.3 Å². The lowest BCUT2D eigenvalue weighted by Crippen LogP contribution is -2.31. The number of hydrogen-bond acceptors (Lipinski definition) is 20. The second kappa shape index (κ2) is 19.4. The zero-order chi connectivity index (χ0) is 43.7. The number of anilines is 8. The van der Waals surface area contributed by atoms with Crippen molar-refractivity contribution in [2.45, 2.75) is 27.7 Å². The molecule has 8 aromatic rings. The van der Waals surface area contributed by atoms with E-state index in [0.717, 1.165) is 34.0 Å². The molecule has 16 N–H and O–H groups in total. The van der Waals surface area contributed by atoms with Crippen molar-refractivity contribution in [1.82, 2.24) is 58.4 Å². The van der Waals surface area contributed by atoms with Crippen LogP contribution in [0.4, 0.5) is 46.0 Å². The Morgan fingerprint density at radius 2 is 1.12 bits per heavy atom. The minimum absolute atomic E-state index is 0.000342. The lowest BCUT2D eigenvalue weighted by Gasteiger charge is -2.22. The highest BCUT2D eigenvalue weighted by molar-refractivity contribution is 5.71. The molecule has 0 aromatic carbocycles. The number of nitrogens with two attached hydrogens (primary N) is 6. The molecule has 0 amide bonds. The van der Waals surface area contributed by atoms with Crippen molar-refractivity contribution in [3.63, 3.8) is 0 Å². The minimum atomic E-state index is -0.000342. The first-order valence-corrected chi connectivity index (χ1v) is 18.6. The zero-order valence-electron chi connectivity index (χ0n) is 33.8. The van der Waals surface area contributed by atoms with E-state index >= 15 is 0 Å². The van der Waals surface area contributed by atoms with E-state index in [1.807, 2.05) is 37.5 Å². The van der Waals surface area contributed by atoms with Crippen molar-refractivity contribution in [2.75, 3.05) is 96.8 Å². The highest BCUT2D eigenvalue weighted by atomic mass is 16.3. The SMILES string of the molecule is Cc1cnc2c(N)c(C)nn2c1N.Cc1nc2c(N)cnn2c(N)c1C.Nc1ccnc2c(N(CCO)CCO)cnn12.Nc1cnn2c(N(CCO)CCO)ccnc12. The molecule has 8 rings (SSSR count). The Hall–Kier alpha value is -7.28. The lowest BCUT2D eigenvalue weighted by molar-refractivity contribution is 0.280. The minimum Gasteiger partial charge on any atom is -0.395 e. The molecule has 24 heteroatoms. The zero-order valence-corrected chi connectivity index (χ0v) is 33.8. The van der Waals surface area contributed by atoms with Crippen molar-refractivity contribution in [3.8, 4) is 0 Å². The molecule has 0 aliphatic rings. The van der Waals surface area contributed by atoms with Crippen LogP contribution in [0.2, 0.25) is 0 Å². The second-order valence-corrected chi connectivity index (χ2v) is 13.2. The summed E-state index contributed by atoms with van der Waals surface area (Å²) in [5.41, 5.74) is 42.9. The van der Waals surface area contributed by atoms with E-state index in [1.54, 1.807) is 56.7 Å². The average molecular weight is 829 g/mol. The van der Waals surface area contributed by atoms with E-state index in [-0.39, 0.29) is 26.4 Å². The van der Waals surface area contributed by atoms with Crippen molar-refractivity contribution in [3.05, 3.63) is 71.8 Å². The maximum absolute atomic E-state index is 9.01. The molecule has 0 saturated carbocycles. The van der Waals surface area contributed by atoms with Gasteiger partial charge in [-0.15, -0.1) is 0 Å². The fourth-order valence-corrected chi connectivity index (χ4v) is 5.87. The van der Waals surface area contributed by atoms with E-state index in [9.17, 15) is 0 Å². The molecule has 0 saturated heterocycles. The van der Waals surface area contributed by atoms with Crippen LogP contribution in [0.3, 0.4) is 0 Å². The van der Waals surface area contributed by atoms with Gasteiger partial charge < -0.3 is 64.6 Å². The Balaban J connectivity index is 0.000000153. The van der Waals surface area contributed by atoms with E-state index < -0.39 is 0 Å². The summed E-state index contributed by atoms with van der Waals surface area (Å²) in [7, 11) is 0. The fourth-order valence-electron chi connectivity index (χ4n) is 5.87. The van der Waals surface area contributed by atoms with E-state index in [1.165, 1.54) is 10.7 Å². The third-order valence-corrected chi connectivity index (χ3v) is 9.26. The van der Waals surface area contributed by atoms with Crippen LogP contribution in [-0.2, 0) is 0 Å². The molecule has 0 spiro atoms. The lowest BCUT2D eigenvalue weighted by atomic mass is 10.2. The van der Waals surface area contributed by atoms with Crippen molar-refractivity contribution in [2.24, 2.45) is 0 Å². The molecule has 8 aromatic heterocycles. The highest BCUT2D eigenvalue weighted by Crippen LogP contribution is 2.22. The Morgan fingerprint density at radius 3 is 1.77 bits per heavy atom. The molecule has 0 bridgehead atoms. The first-order chi connectivity index (χ1) is 28.8. The summed E-state index contributed by atoms with van der Waals surface area (Å²) in [6.45, 7) is 9.19. The van der Waals surface area contributed by atoms with Crippen LogP contribution < -0.4 is 44.2 Å². The second-order valence-electron chi connectivity index (χ2n) is 13.2. The predicted molar refractivity (Wildman–Crippen MR) is 230 cm³/mol. The smallest absolute Gasteiger partial charge is 0.180 e. The number of aliphatic hydroxyl groups excluding tert-OH is 4. The van der Waals surface area contributed by atoms with Gasteiger partial charge in [-0.05, 0) is 39.8 Å². The summed E-state index contributed by atoms with van der Waals surface area (Å²) in [4.78, 5) is 20.4. The van der Waals surface area contributed by atoms with Crippen molar-refractivity contribution < 1.29 is 20.4 Å². The van der Waals surface area contributed by atoms with Crippen LogP contribution in [-0.4, -0.2) is 131 Å². The summed E-state index contributed by atoms with van der Waals surface area (Å²) in [5.74, 6) is 2.42. The number of fused-ring (bicyclic) bond motifs is 4. The van der Waals surface area contributed by atoms with Crippen LogP contribution in [0.15, 0.2) is 49.3 Å². The normalized spacial score (nSPS) is 10.9. The van der Waals surface area contributed by atoms with E-state index in [4.69, 9.17) is 54.8 Å². The maximum atomic E-state index is 9.01. The highest BCUT2D eigenvalue weighted by Gasteiger charge is 2.15. The molecule has 60 heavy (non-hydrogen) atoms. The van der Waals surface area contributed by atoms with Crippen LogP contribution >= 0.6 is 0 Å².